The molecule has 2 aromatic rings. The molecule has 1 aliphatic heterocycles. The minimum absolute atomic E-state index is 0.0829. The molecule has 1 aliphatic rings. The fourth-order valence-corrected chi connectivity index (χ4v) is 2.89. The molecule has 2 aromatic carbocycles. The molecule has 0 aromatic heterocycles. The van der Waals surface area contributed by atoms with E-state index in [0.717, 1.165) is 34.8 Å². The number of anilines is 2. The van der Waals surface area contributed by atoms with Gasteiger partial charge in [0.2, 0.25) is 0 Å². The van der Waals surface area contributed by atoms with Gasteiger partial charge >= 0.3 is 0 Å². The largest absolute Gasteiger partial charge is 0.375 e. The molecule has 0 unspecified atom stereocenters. The molecule has 0 atom stereocenters. The predicted octanol–water partition coefficient (Wildman–Crippen LogP) is 4.57. The van der Waals surface area contributed by atoms with E-state index in [1.165, 1.54) is 10.6 Å². The number of nitrogens with zero attached hydrogens (tertiary/aromatic N) is 3. The van der Waals surface area contributed by atoms with Gasteiger partial charge < -0.3 is 4.90 Å². The third kappa shape index (κ3) is 3.40. The van der Waals surface area contributed by atoms with Crippen LogP contribution in [0.5, 0.6) is 0 Å². The van der Waals surface area contributed by atoms with Crippen LogP contribution in [0.3, 0.4) is 0 Å². The topological polar surface area (TPSA) is 35.9 Å². The van der Waals surface area contributed by atoms with E-state index in [0.29, 0.717) is 5.57 Å². The molecule has 0 saturated heterocycles. The van der Waals surface area contributed by atoms with E-state index in [4.69, 9.17) is 0 Å². The first-order valence-electron chi connectivity index (χ1n) is 8.91. The van der Waals surface area contributed by atoms with Crippen LogP contribution in [0.2, 0.25) is 0 Å². The van der Waals surface area contributed by atoms with Crippen LogP contribution in [-0.4, -0.2) is 25.2 Å². The van der Waals surface area contributed by atoms with Crippen LogP contribution in [0, 0.1) is 13.8 Å². The second-order valence-corrected chi connectivity index (χ2v) is 6.73. The Morgan fingerprint density at radius 2 is 1.73 bits per heavy atom. The van der Waals surface area contributed by atoms with E-state index in [1.807, 2.05) is 50.3 Å². The fraction of sp³-hybridized carbons (Fsp3) is 0.273. The van der Waals surface area contributed by atoms with Gasteiger partial charge in [0.25, 0.3) is 5.91 Å². The van der Waals surface area contributed by atoms with E-state index in [1.54, 1.807) is 0 Å². The van der Waals surface area contributed by atoms with E-state index >= 15 is 0 Å². The summed E-state index contributed by atoms with van der Waals surface area (Å²) in [6, 6.07) is 14.2. The summed E-state index contributed by atoms with van der Waals surface area (Å²) in [5.41, 5.74) is 6.70. The van der Waals surface area contributed by atoms with Crippen molar-refractivity contribution in [2.45, 2.75) is 27.7 Å². The van der Waals surface area contributed by atoms with Gasteiger partial charge in [0.15, 0.2) is 0 Å². The number of hydrazone groups is 1. The van der Waals surface area contributed by atoms with E-state index in [9.17, 15) is 4.79 Å². The van der Waals surface area contributed by atoms with Crippen molar-refractivity contribution < 1.29 is 4.79 Å². The number of hydrogen-bond acceptors (Lipinski definition) is 3. The van der Waals surface area contributed by atoms with Crippen LogP contribution in [0.25, 0.3) is 6.08 Å². The Morgan fingerprint density at radius 3 is 2.35 bits per heavy atom. The monoisotopic (exact) mass is 347 g/mol. The van der Waals surface area contributed by atoms with Crippen molar-refractivity contribution in [3.05, 3.63) is 64.7 Å². The molecule has 0 bridgehead atoms. The number of carbonyl (C=O) groups excluding carboxylic acids is 1. The highest BCUT2D eigenvalue weighted by Gasteiger charge is 2.28. The zero-order valence-corrected chi connectivity index (χ0v) is 16.1. The molecule has 26 heavy (non-hydrogen) atoms. The molecule has 0 fully saturated rings. The molecule has 0 spiro atoms. The van der Waals surface area contributed by atoms with Crippen molar-refractivity contribution in [1.29, 1.82) is 0 Å². The maximum Gasteiger partial charge on any atom is 0.280 e. The Balaban J connectivity index is 1.87. The normalized spacial score (nSPS) is 15.6. The summed E-state index contributed by atoms with van der Waals surface area (Å²) in [5, 5.41) is 5.96. The van der Waals surface area contributed by atoms with Crippen molar-refractivity contribution in [3.63, 3.8) is 0 Å². The highest BCUT2D eigenvalue weighted by atomic mass is 16.2. The van der Waals surface area contributed by atoms with Crippen LogP contribution in [0.1, 0.15) is 30.5 Å². The lowest BCUT2D eigenvalue weighted by Crippen LogP contribution is -2.21. The van der Waals surface area contributed by atoms with Crippen LogP contribution >= 0.6 is 0 Å². The molecule has 134 valence electrons. The van der Waals surface area contributed by atoms with Gasteiger partial charge in [-0.25, -0.2) is 0 Å². The van der Waals surface area contributed by atoms with E-state index < -0.39 is 0 Å². The number of rotatable bonds is 4. The van der Waals surface area contributed by atoms with Gasteiger partial charge in [0.05, 0.1) is 17.0 Å². The van der Waals surface area contributed by atoms with E-state index in [2.05, 4.69) is 43.0 Å². The number of amides is 1. The van der Waals surface area contributed by atoms with Crippen molar-refractivity contribution >= 4 is 29.1 Å². The van der Waals surface area contributed by atoms with Crippen molar-refractivity contribution in [1.82, 2.24) is 0 Å². The predicted molar refractivity (Wildman–Crippen MR) is 110 cm³/mol. The van der Waals surface area contributed by atoms with Gasteiger partial charge in [0, 0.05) is 19.3 Å². The summed E-state index contributed by atoms with van der Waals surface area (Å²) in [5.74, 6) is -0.0829. The van der Waals surface area contributed by atoms with E-state index in [-0.39, 0.29) is 5.91 Å². The first-order chi connectivity index (χ1) is 12.4. The van der Waals surface area contributed by atoms with Gasteiger partial charge in [-0.1, -0.05) is 18.2 Å². The lowest BCUT2D eigenvalue weighted by Gasteiger charge is -2.16. The standard InChI is InChI=1S/C22H25N3O/c1-6-24(5)19-11-8-18(9-12-19)14-21-17(4)23-25(22(21)26)20-10-7-15(2)16(3)13-20/h7-14H,6H2,1-5H3/b21-14-. The summed E-state index contributed by atoms with van der Waals surface area (Å²) in [6.45, 7) is 9.06. The summed E-state index contributed by atoms with van der Waals surface area (Å²) in [6.07, 6.45) is 1.91. The Morgan fingerprint density at radius 1 is 1.04 bits per heavy atom. The molecule has 3 rings (SSSR count). The Kier molecular flexibility index (Phi) is 4.94. The molecule has 0 radical (unpaired) electrons. The highest BCUT2D eigenvalue weighted by Crippen LogP contribution is 2.27. The maximum absolute atomic E-state index is 12.9. The lowest BCUT2D eigenvalue weighted by atomic mass is 10.1. The molecule has 0 N–H and O–H groups in total. The zero-order valence-electron chi connectivity index (χ0n) is 16.1. The van der Waals surface area contributed by atoms with Crippen LogP contribution in [-0.2, 0) is 4.79 Å². The molecule has 1 heterocycles. The minimum atomic E-state index is -0.0829. The van der Waals surface area contributed by atoms with Gasteiger partial charge in [-0.2, -0.15) is 10.1 Å². The zero-order chi connectivity index (χ0) is 18.8. The quantitative estimate of drug-likeness (QED) is 0.760. The fourth-order valence-electron chi connectivity index (χ4n) is 2.89. The molecule has 0 aliphatic carbocycles. The molecule has 4 nitrogen and oxygen atoms in total. The Hall–Kier alpha value is -2.88. The Bertz CT molecular complexity index is 894. The first kappa shape index (κ1) is 17.9. The van der Waals surface area contributed by atoms with Crippen molar-refractivity contribution in [2.24, 2.45) is 5.10 Å². The third-order valence-corrected chi connectivity index (χ3v) is 4.92. The SMILES string of the molecule is CCN(C)c1ccc(/C=C2\C(=O)N(c3ccc(C)c(C)c3)N=C2C)cc1. The van der Waals surface area contributed by atoms with Gasteiger partial charge in [0.1, 0.15) is 0 Å². The van der Waals surface area contributed by atoms with Gasteiger partial charge in [-0.05, 0) is 74.7 Å². The van der Waals surface area contributed by atoms with Crippen LogP contribution in [0.4, 0.5) is 11.4 Å². The Labute approximate surface area is 155 Å². The molecular formula is C22H25N3O. The van der Waals surface area contributed by atoms with Gasteiger partial charge in [-0.15, -0.1) is 0 Å². The second kappa shape index (κ2) is 7.16. The average Bonchev–Trinajstić information content (AvgIpc) is 2.92. The number of benzene rings is 2. The number of carbonyl (C=O) groups is 1. The summed E-state index contributed by atoms with van der Waals surface area (Å²) < 4.78 is 0. The van der Waals surface area contributed by atoms with Crippen LogP contribution in [0.15, 0.2) is 53.1 Å². The molecule has 1 amide bonds. The van der Waals surface area contributed by atoms with Crippen LogP contribution < -0.4 is 9.91 Å². The average molecular weight is 347 g/mol. The van der Waals surface area contributed by atoms with Gasteiger partial charge in [-0.3, -0.25) is 4.79 Å². The summed E-state index contributed by atoms with van der Waals surface area (Å²) in [7, 11) is 2.06. The molecule has 0 saturated carbocycles. The number of hydrogen-bond donors (Lipinski definition) is 0. The highest BCUT2D eigenvalue weighted by molar-refractivity contribution is 6.32. The smallest absolute Gasteiger partial charge is 0.280 e. The van der Waals surface area contributed by atoms with Crippen molar-refractivity contribution in [3.8, 4) is 0 Å². The second-order valence-electron chi connectivity index (χ2n) is 6.73. The third-order valence-electron chi connectivity index (χ3n) is 4.92. The van der Waals surface area contributed by atoms with Crippen molar-refractivity contribution in [2.75, 3.05) is 23.5 Å². The molecule has 4 heteroatoms. The first-order valence-corrected chi connectivity index (χ1v) is 8.91. The number of aryl methyl sites for hydroxylation is 2. The minimum Gasteiger partial charge on any atom is -0.375 e. The summed E-state index contributed by atoms with van der Waals surface area (Å²) >= 11 is 0. The molecular weight excluding hydrogens is 322 g/mol. The summed E-state index contributed by atoms with van der Waals surface area (Å²) in [4.78, 5) is 15.0. The lowest BCUT2D eigenvalue weighted by molar-refractivity contribution is -0.114. The maximum atomic E-state index is 12.9.